The molecule has 0 saturated carbocycles. The Morgan fingerprint density at radius 3 is 2.38 bits per heavy atom. The third-order valence-electron chi connectivity index (χ3n) is 4.74. The molecule has 0 aliphatic rings. The van der Waals surface area contributed by atoms with E-state index in [0.717, 1.165) is 18.7 Å². The number of hydrogen-bond donors (Lipinski definition) is 0. The molecule has 0 heterocycles. The minimum absolute atomic E-state index is 0.470. The van der Waals surface area contributed by atoms with Crippen LogP contribution in [0.2, 0.25) is 0 Å². The van der Waals surface area contributed by atoms with E-state index >= 15 is 0 Å². The average Bonchev–Trinajstić information content (AvgIpc) is 2.62. The second-order valence-electron chi connectivity index (χ2n) is 6.45. The molecule has 0 saturated heterocycles. The maximum absolute atomic E-state index is 5.23. The number of benzene rings is 3. The zero-order chi connectivity index (χ0) is 16.9. The van der Waals surface area contributed by atoms with Crippen molar-refractivity contribution in [2.75, 3.05) is 14.2 Å². The number of ether oxygens (including phenoxy) is 1. The van der Waals surface area contributed by atoms with Crippen molar-refractivity contribution in [2.24, 2.45) is 0 Å². The fourth-order valence-electron chi connectivity index (χ4n) is 3.11. The van der Waals surface area contributed by atoms with Crippen LogP contribution in [0.1, 0.15) is 18.1 Å². The standard InChI is InChI=1S/C22H25NO/c1-17(15-18-11-13-21(24-3)14-12-18)23(2)16-20-9-6-8-19-7-4-5-10-22(19)20/h4-14,17H,15-16H2,1-3H3/t17-/m0/s1. The van der Waals surface area contributed by atoms with Gasteiger partial charge in [0.1, 0.15) is 5.75 Å². The zero-order valence-electron chi connectivity index (χ0n) is 14.7. The second-order valence-corrected chi connectivity index (χ2v) is 6.45. The zero-order valence-corrected chi connectivity index (χ0v) is 14.7. The highest BCUT2D eigenvalue weighted by atomic mass is 16.5. The third-order valence-corrected chi connectivity index (χ3v) is 4.74. The number of likely N-dealkylation sites (N-methyl/N-ethyl adjacent to an activating group) is 1. The Bertz CT molecular complexity index is 789. The van der Waals surface area contributed by atoms with Crippen molar-refractivity contribution in [3.63, 3.8) is 0 Å². The predicted molar refractivity (Wildman–Crippen MR) is 102 cm³/mol. The Morgan fingerprint density at radius 2 is 1.62 bits per heavy atom. The van der Waals surface area contributed by atoms with Crippen molar-refractivity contribution in [2.45, 2.75) is 25.9 Å². The summed E-state index contributed by atoms with van der Waals surface area (Å²) in [5.74, 6) is 0.913. The Morgan fingerprint density at radius 1 is 0.917 bits per heavy atom. The highest BCUT2D eigenvalue weighted by Gasteiger charge is 2.12. The van der Waals surface area contributed by atoms with Gasteiger partial charge in [-0.05, 0) is 54.4 Å². The van der Waals surface area contributed by atoms with Crippen molar-refractivity contribution < 1.29 is 4.74 Å². The normalized spacial score (nSPS) is 12.5. The number of fused-ring (bicyclic) bond motifs is 1. The molecule has 0 aromatic heterocycles. The molecule has 0 aliphatic carbocycles. The average molecular weight is 319 g/mol. The van der Waals surface area contributed by atoms with Gasteiger partial charge >= 0.3 is 0 Å². The maximum Gasteiger partial charge on any atom is 0.118 e. The van der Waals surface area contributed by atoms with Crippen LogP contribution < -0.4 is 4.74 Å². The van der Waals surface area contributed by atoms with E-state index in [1.165, 1.54) is 21.9 Å². The number of rotatable bonds is 6. The number of methoxy groups -OCH3 is 1. The summed E-state index contributed by atoms with van der Waals surface area (Å²) < 4.78 is 5.23. The Hall–Kier alpha value is -2.32. The fraction of sp³-hybridized carbons (Fsp3) is 0.273. The second kappa shape index (κ2) is 7.50. The first-order chi connectivity index (χ1) is 11.7. The van der Waals surface area contributed by atoms with E-state index in [2.05, 4.69) is 73.5 Å². The molecular formula is C22H25NO. The molecule has 0 fully saturated rings. The number of hydrogen-bond acceptors (Lipinski definition) is 2. The van der Waals surface area contributed by atoms with Gasteiger partial charge in [0.2, 0.25) is 0 Å². The molecule has 2 nitrogen and oxygen atoms in total. The summed E-state index contributed by atoms with van der Waals surface area (Å²) in [6.45, 7) is 3.24. The molecule has 0 amide bonds. The quantitative estimate of drug-likeness (QED) is 0.640. The fourth-order valence-corrected chi connectivity index (χ4v) is 3.11. The molecule has 124 valence electrons. The molecule has 0 unspecified atom stereocenters. The lowest BCUT2D eigenvalue weighted by molar-refractivity contribution is 0.249. The van der Waals surface area contributed by atoms with E-state index in [0.29, 0.717) is 6.04 Å². The highest BCUT2D eigenvalue weighted by Crippen LogP contribution is 2.21. The van der Waals surface area contributed by atoms with Gasteiger partial charge < -0.3 is 4.74 Å². The van der Waals surface area contributed by atoms with Gasteiger partial charge in [0.25, 0.3) is 0 Å². The van der Waals surface area contributed by atoms with Crippen LogP contribution in [-0.4, -0.2) is 25.1 Å². The first-order valence-electron chi connectivity index (χ1n) is 8.47. The molecule has 0 spiro atoms. The minimum Gasteiger partial charge on any atom is -0.497 e. The van der Waals surface area contributed by atoms with E-state index in [9.17, 15) is 0 Å². The lowest BCUT2D eigenvalue weighted by atomic mass is 10.0. The van der Waals surface area contributed by atoms with Gasteiger partial charge in [-0.15, -0.1) is 0 Å². The van der Waals surface area contributed by atoms with Crippen LogP contribution in [0.25, 0.3) is 10.8 Å². The molecule has 0 aliphatic heterocycles. The summed E-state index contributed by atoms with van der Waals surface area (Å²) in [7, 11) is 3.91. The van der Waals surface area contributed by atoms with Gasteiger partial charge in [0, 0.05) is 12.6 Å². The van der Waals surface area contributed by atoms with Crippen LogP contribution in [0.4, 0.5) is 0 Å². The lowest BCUT2D eigenvalue weighted by Gasteiger charge is -2.25. The van der Waals surface area contributed by atoms with Crippen LogP contribution in [0, 0.1) is 0 Å². The van der Waals surface area contributed by atoms with E-state index < -0.39 is 0 Å². The predicted octanol–water partition coefficient (Wildman–Crippen LogP) is 4.91. The number of nitrogens with zero attached hydrogens (tertiary/aromatic N) is 1. The third kappa shape index (κ3) is 3.77. The van der Waals surface area contributed by atoms with Crippen molar-refractivity contribution in [1.29, 1.82) is 0 Å². The summed E-state index contributed by atoms with van der Waals surface area (Å²) in [6.07, 6.45) is 1.03. The summed E-state index contributed by atoms with van der Waals surface area (Å²) >= 11 is 0. The summed E-state index contributed by atoms with van der Waals surface area (Å²) in [5, 5.41) is 2.66. The highest BCUT2D eigenvalue weighted by molar-refractivity contribution is 5.85. The molecule has 3 aromatic carbocycles. The molecule has 3 rings (SSSR count). The Kier molecular flexibility index (Phi) is 5.17. The summed E-state index contributed by atoms with van der Waals surface area (Å²) in [4.78, 5) is 2.42. The van der Waals surface area contributed by atoms with Gasteiger partial charge in [-0.25, -0.2) is 0 Å². The van der Waals surface area contributed by atoms with Crippen LogP contribution >= 0.6 is 0 Å². The first kappa shape index (κ1) is 16.5. The lowest BCUT2D eigenvalue weighted by Crippen LogP contribution is -2.30. The van der Waals surface area contributed by atoms with Gasteiger partial charge in [-0.1, -0.05) is 54.6 Å². The molecule has 24 heavy (non-hydrogen) atoms. The Labute approximate surface area is 144 Å². The van der Waals surface area contributed by atoms with E-state index in [1.807, 2.05) is 12.1 Å². The maximum atomic E-state index is 5.23. The molecule has 3 aromatic rings. The summed E-state index contributed by atoms with van der Waals surface area (Å²) in [5.41, 5.74) is 2.73. The van der Waals surface area contributed by atoms with E-state index in [-0.39, 0.29) is 0 Å². The SMILES string of the molecule is COc1ccc(C[C@H](C)N(C)Cc2cccc3ccccc23)cc1. The molecule has 0 bridgehead atoms. The molecular weight excluding hydrogens is 294 g/mol. The molecule has 1 atom stereocenters. The van der Waals surface area contributed by atoms with Gasteiger partial charge in [0.05, 0.1) is 7.11 Å². The van der Waals surface area contributed by atoms with E-state index in [1.54, 1.807) is 7.11 Å². The van der Waals surface area contributed by atoms with Gasteiger partial charge in [0.15, 0.2) is 0 Å². The van der Waals surface area contributed by atoms with Crippen LogP contribution in [0.3, 0.4) is 0 Å². The topological polar surface area (TPSA) is 12.5 Å². The largest absolute Gasteiger partial charge is 0.497 e. The Balaban J connectivity index is 1.69. The molecule has 2 heteroatoms. The smallest absolute Gasteiger partial charge is 0.118 e. The van der Waals surface area contributed by atoms with Gasteiger partial charge in [-0.2, -0.15) is 0 Å². The van der Waals surface area contributed by atoms with Crippen LogP contribution in [0.15, 0.2) is 66.7 Å². The van der Waals surface area contributed by atoms with Crippen molar-refractivity contribution >= 4 is 10.8 Å². The minimum atomic E-state index is 0.470. The van der Waals surface area contributed by atoms with Crippen LogP contribution in [-0.2, 0) is 13.0 Å². The van der Waals surface area contributed by atoms with Gasteiger partial charge in [-0.3, -0.25) is 4.90 Å². The molecule has 0 N–H and O–H groups in total. The van der Waals surface area contributed by atoms with E-state index in [4.69, 9.17) is 4.74 Å². The van der Waals surface area contributed by atoms with Crippen molar-refractivity contribution in [3.05, 3.63) is 77.9 Å². The van der Waals surface area contributed by atoms with Crippen molar-refractivity contribution in [1.82, 2.24) is 4.90 Å². The monoisotopic (exact) mass is 319 g/mol. The van der Waals surface area contributed by atoms with Crippen molar-refractivity contribution in [3.8, 4) is 5.75 Å². The first-order valence-corrected chi connectivity index (χ1v) is 8.47. The summed E-state index contributed by atoms with van der Waals surface area (Å²) in [6, 6.07) is 24.0. The van der Waals surface area contributed by atoms with Crippen LogP contribution in [0.5, 0.6) is 5.75 Å². The molecule has 0 radical (unpaired) electrons.